The molecule has 2 heterocycles. The quantitative estimate of drug-likeness (QED) is 0.679. The molecular weight excluding hydrogens is 328 g/mol. The van der Waals surface area contributed by atoms with Crippen LogP contribution in [-0.4, -0.2) is 10.9 Å². The topological polar surface area (TPSA) is 64.4 Å². The Bertz CT molecular complexity index is 826. The minimum atomic E-state index is -0.278. The Morgan fingerprint density at radius 1 is 1.17 bits per heavy atom. The van der Waals surface area contributed by atoms with Crippen LogP contribution in [0.15, 0.2) is 71.5 Å². The Labute approximate surface area is 143 Å². The van der Waals surface area contributed by atoms with Crippen LogP contribution in [0.2, 0.25) is 5.02 Å². The molecule has 6 heteroatoms. The molecule has 1 N–H and O–H groups in total. The second-order valence-electron chi connectivity index (χ2n) is 4.78. The zero-order valence-corrected chi connectivity index (χ0v) is 13.2. The largest absolute Gasteiger partial charge is 0.465 e. The molecule has 3 rings (SSSR count). The third kappa shape index (κ3) is 4.47. The van der Waals surface area contributed by atoms with E-state index in [1.165, 1.54) is 12.3 Å². The molecule has 0 aliphatic carbocycles. The van der Waals surface area contributed by atoms with Gasteiger partial charge in [0.25, 0.3) is 0 Å². The molecule has 0 unspecified atom stereocenters. The van der Waals surface area contributed by atoms with Crippen molar-refractivity contribution < 1.29 is 13.9 Å². The number of carbonyl (C=O) groups excluding carboxylic acids is 1. The highest BCUT2D eigenvalue weighted by atomic mass is 35.5. The SMILES string of the molecule is O=C(C=Cc1ccco1)Nc1ccc(Oc2ccc(Cl)cc2)nc1. The van der Waals surface area contributed by atoms with E-state index in [4.69, 9.17) is 20.8 Å². The summed E-state index contributed by atoms with van der Waals surface area (Å²) in [6, 6.07) is 13.8. The highest BCUT2D eigenvalue weighted by Gasteiger charge is 2.02. The van der Waals surface area contributed by atoms with Gasteiger partial charge in [-0.3, -0.25) is 4.79 Å². The molecule has 0 spiro atoms. The number of benzene rings is 1. The second-order valence-corrected chi connectivity index (χ2v) is 5.22. The van der Waals surface area contributed by atoms with Crippen LogP contribution in [0.25, 0.3) is 6.08 Å². The molecule has 5 nitrogen and oxygen atoms in total. The van der Waals surface area contributed by atoms with Gasteiger partial charge in [0, 0.05) is 17.2 Å². The number of aromatic nitrogens is 1. The van der Waals surface area contributed by atoms with E-state index in [0.29, 0.717) is 28.1 Å². The number of carbonyl (C=O) groups is 1. The van der Waals surface area contributed by atoms with Crippen LogP contribution in [0.4, 0.5) is 5.69 Å². The van der Waals surface area contributed by atoms with Gasteiger partial charge < -0.3 is 14.5 Å². The molecule has 0 bridgehead atoms. The van der Waals surface area contributed by atoms with Crippen molar-refractivity contribution >= 4 is 29.3 Å². The summed E-state index contributed by atoms with van der Waals surface area (Å²) in [7, 11) is 0. The number of ether oxygens (including phenoxy) is 1. The number of amides is 1. The van der Waals surface area contributed by atoms with Gasteiger partial charge in [0.2, 0.25) is 11.8 Å². The Morgan fingerprint density at radius 2 is 2.00 bits per heavy atom. The third-order valence-electron chi connectivity index (χ3n) is 2.98. The molecule has 0 aliphatic heterocycles. The van der Waals surface area contributed by atoms with Crippen molar-refractivity contribution in [1.82, 2.24) is 4.98 Å². The zero-order chi connectivity index (χ0) is 16.8. The maximum absolute atomic E-state index is 11.8. The Hall–Kier alpha value is -3.05. The van der Waals surface area contributed by atoms with Gasteiger partial charge >= 0.3 is 0 Å². The normalized spacial score (nSPS) is 10.7. The number of rotatable bonds is 5. The lowest BCUT2D eigenvalue weighted by Crippen LogP contribution is -2.07. The fourth-order valence-electron chi connectivity index (χ4n) is 1.87. The summed E-state index contributed by atoms with van der Waals surface area (Å²) in [4.78, 5) is 16.0. The summed E-state index contributed by atoms with van der Waals surface area (Å²) in [6.45, 7) is 0. The molecule has 24 heavy (non-hydrogen) atoms. The van der Waals surface area contributed by atoms with Crippen LogP contribution in [0.1, 0.15) is 5.76 Å². The molecule has 0 atom stereocenters. The number of hydrogen-bond donors (Lipinski definition) is 1. The van der Waals surface area contributed by atoms with Crippen LogP contribution < -0.4 is 10.1 Å². The molecule has 1 amide bonds. The molecular formula is C18H13ClN2O3. The van der Waals surface area contributed by atoms with E-state index in [1.54, 1.807) is 60.9 Å². The molecule has 0 radical (unpaired) electrons. The summed E-state index contributed by atoms with van der Waals surface area (Å²) in [5.74, 6) is 1.38. The Kier molecular flexibility index (Phi) is 4.93. The summed E-state index contributed by atoms with van der Waals surface area (Å²) in [6.07, 6.45) is 6.03. The lowest BCUT2D eigenvalue weighted by molar-refractivity contribution is -0.111. The van der Waals surface area contributed by atoms with Gasteiger partial charge in [-0.1, -0.05) is 11.6 Å². The van der Waals surface area contributed by atoms with Crippen LogP contribution >= 0.6 is 11.6 Å². The standard InChI is InChI=1S/C18H13ClN2O3/c19-13-3-6-16(7-4-13)24-18-10-5-14(12-20-18)21-17(22)9-8-15-2-1-11-23-15/h1-12H,(H,21,22). The molecule has 120 valence electrons. The monoisotopic (exact) mass is 340 g/mol. The number of hydrogen-bond acceptors (Lipinski definition) is 4. The fraction of sp³-hybridized carbons (Fsp3) is 0. The smallest absolute Gasteiger partial charge is 0.248 e. The van der Waals surface area contributed by atoms with Gasteiger partial charge in [0.05, 0.1) is 18.1 Å². The summed E-state index contributed by atoms with van der Waals surface area (Å²) >= 11 is 5.82. The number of nitrogens with zero attached hydrogens (tertiary/aromatic N) is 1. The maximum Gasteiger partial charge on any atom is 0.248 e. The lowest BCUT2D eigenvalue weighted by Gasteiger charge is -2.06. The number of anilines is 1. The van der Waals surface area contributed by atoms with E-state index in [1.807, 2.05) is 0 Å². The van der Waals surface area contributed by atoms with Crippen LogP contribution in [0.3, 0.4) is 0 Å². The minimum Gasteiger partial charge on any atom is -0.465 e. The first-order valence-electron chi connectivity index (χ1n) is 7.11. The Morgan fingerprint density at radius 3 is 2.67 bits per heavy atom. The number of halogens is 1. The van der Waals surface area contributed by atoms with Crippen LogP contribution in [-0.2, 0) is 4.79 Å². The van der Waals surface area contributed by atoms with Crippen molar-refractivity contribution in [1.29, 1.82) is 0 Å². The third-order valence-corrected chi connectivity index (χ3v) is 3.23. The highest BCUT2D eigenvalue weighted by molar-refractivity contribution is 6.30. The number of nitrogens with one attached hydrogen (secondary N) is 1. The van der Waals surface area contributed by atoms with E-state index in [2.05, 4.69) is 10.3 Å². The van der Waals surface area contributed by atoms with Crippen molar-refractivity contribution in [3.05, 3.63) is 77.8 Å². The molecule has 0 aliphatic rings. The summed E-state index contributed by atoms with van der Waals surface area (Å²) < 4.78 is 10.7. The van der Waals surface area contributed by atoms with Crippen molar-refractivity contribution in [2.45, 2.75) is 0 Å². The van der Waals surface area contributed by atoms with Gasteiger partial charge in [-0.05, 0) is 48.5 Å². The van der Waals surface area contributed by atoms with Gasteiger partial charge in [0.1, 0.15) is 11.5 Å². The number of pyridine rings is 1. The number of furan rings is 1. The summed E-state index contributed by atoms with van der Waals surface area (Å²) in [5, 5.41) is 3.34. The first-order valence-corrected chi connectivity index (χ1v) is 7.49. The first-order chi connectivity index (χ1) is 11.7. The maximum atomic E-state index is 11.8. The van der Waals surface area contributed by atoms with Crippen molar-refractivity contribution in [2.24, 2.45) is 0 Å². The van der Waals surface area contributed by atoms with E-state index >= 15 is 0 Å². The molecule has 3 aromatic rings. The predicted molar refractivity (Wildman–Crippen MR) is 92.1 cm³/mol. The highest BCUT2D eigenvalue weighted by Crippen LogP contribution is 2.22. The van der Waals surface area contributed by atoms with Crippen molar-refractivity contribution in [2.75, 3.05) is 5.32 Å². The summed E-state index contributed by atoms with van der Waals surface area (Å²) in [5.41, 5.74) is 0.563. The van der Waals surface area contributed by atoms with E-state index in [9.17, 15) is 4.79 Å². The average Bonchev–Trinajstić information content (AvgIpc) is 3.10. The van der Waals surface area contributed by atoms with Crippen LogP contribution in [0, 0.1) is 0 Å². The van der Waals surface area contributed by atoms with Crippen molar-refractivity contribution in [3.8, 4) is 11.6 Å². The minimum absolute atomic E-state index is 0.278. The molecule has 1 aromatic carbocycles. The first kappa shape index (κ1) is 15.8. The zero-order valence-electron chi connectivity index (χ0n) is 12.5. The second kappa shape index (κ2) is 7.48. The van der Waals surface area contributed by atoms with E-state index in [0.717, 1.165) is 0 Å². The van der Waals surface area contributed by atoms with Gasteiger partial charge in [-0.15, -0.1) is 0 Å². The molecule has 0 fully saturated rings. The van der Waals surface area contributed by atoms with Gasteiger partial charge in [-0.25, -0.2) is 4.98 Å². The van der Waals surface area contributed by atoms with Crippen LogP contribution in [0.5, 0.6) is 11.6 Å². The average molecular weight is 341 g/mol. The molecule has 0 saturated heterocycles. The van der Waals surface area contributed by atoms with Crippen molar-refractivity contribution in [3.63, 3.8) is 0 Å². The molecule has 2 aromatic heterocycles. The fourth-order valence-corrected chi connectivity index (χ4v) is 1.99. The predicted octanol–water partition coefficient (Wildman–Crippen LogP) is 4.77. The van der Waals surface area contributed by atoms with E-state index < -0.39 is 0 Å². The van der Waals surface area contributed by atoms with Gasteiger partial charge in [0.15, 0.2) is 0 Å². The van der Waals surface area contributed by atoms with E-state index in [-0.39, 0.29) is 5.91 Å². The lowest BCUT2D eigenvalue weighted by atomic mass is 10.3. The molecule has 0 saturated carbocycles. The van der Waals surface area contributed by atoms with Gasteiger partial charge in [-0.2, -0.15) is 0 Å². The Balaban J connectivity index is 1.58.